The molecule has 2 aliphatic heterocycles. The van der Waals surface area contributed by atoms with Gasteiger partial charge in [-0.15, -0.1) is 12.4 Å². The lowest BCUT2D eigenvalue weighted by atomic mass is 9.81. The van der Waals surface area contributed by atoms with Gasteiger partial charge in [0.15, 0.2) is 0 Å². The number of carbonyl (C=O) groups excluding carboxylic acids is 1. The number of carbonyl (C=O) groups is 1. The highest BCUT2D eigenvalue weighted by atomic mass is 35.5. The predicted octanol–water partition coefficient (Wildman–Crippen LogP) is 2.40. The van der Waals surface area contributed by atoms with E-state index in [9.17, 15) is 4.79 Å². The highest BCUT2D eigenvalue weighted by Gasteiger charge is 2.28. The summed E-state index contributed by atoms with van der Waals surface area (Å²) in [5, 5.41) is 6.43. The topological polar surface area (TPSA) is 59.6 Å². The normalized spacial score (nSPS) is 18.3. The Hall–Kier alpha value is -1.72. The van der Waals surface area contributed by atoms with E-state index in [0.717, 1.165) is 43.0 Å². The van der Waals surface area contributed by atoms with Crippen LogP contribution in [0.3, 0.4) is 0 Å². The minimum atomic E-state index is -0.0433. The van der Waals surface area contributed by atoms with Gasteiger partial charge in [0.1, 0.15) is 18.1 Å². The van der Waals surface area contributed by atoms with E-state index in [0.29, 0.717) is 18.7 Å². The number of rotatable bonds is 4. The van der Waals surface area contributed by atoms with Crippen molar-refractivity contribution >= 4 is 24.4 Å². The van der Waals surface area contributed by atoms with Crippen molar-refractivity contribution in [1.82, 2.24) is 10.6 Å². The van der Waals surface area contributed by atoms with E-state index >= 15 is 0 Å². The fourth-order valence-electron chi connectivity index (χ4n) is 3.03. The Morgan fingerprint density at radius 3 is 2.83 bits per heavy atom. The third-order valence-electron chi connectivity index (χ3n) is 4.71. The van der Waals surface area contributed by atoms with Crippen molar-refractivity contribution < 1.29 is 14.3 Å². The van der Waals surface area contributed by atoms with E-state index in [1.165, 1.54) is 0 Å². The summed E-state index contributed by atoms with van der Waals surface area (Å²) in [6, 6.07) is 5.61. The standard InChI is InChI=1S/C18H24N2O3.ClH/c1-18(5-7-19-8-6-18)12-20-17(21)14-9-13-10-15(22-2)3-4-16(13)23-11-14;/h3-4,9-10,19H,5-8,11-12H2,1-2H3,(H,20,21);1H. The molecule has 0 unspecified atom stereocenters. The Kier molecular flexibility index (Phi) is 6.13. The van der Waals surface area contributed by atoms with Gasteiger partial charge in [-0.25, -0.2) is 0 Å². The molecule has 2 N–H and O–H groups in total. The molecule has 1 aromatic carbocycles. The van der Waals surface area contributed by atoms with Crippen molar-refractivity contribution in [2.75, 3.05) is 33.4 Å². The van der Waals surface area contributed by atoms with E-state index in [-0.39, 0.29) is 23.7 Å². The number of benzene rings is 1. The molecule has 0 bridgehead atoms. The molecule has 1 aromatic rings. The number of fused-ring (bicyclic) bond motifs is 1. The molecular formula is C18H25ClN2O3. The second-order valence-electron chi connectivity index (χ2n) is 6.61. The highest BCUT2D eigenvalue weighted by Crippen LogP contribution is 2.30. The molecule has 0 saturated carbocycles. The number of halogens is 1. The highest BCUT2D eigenvalue weighted by molar-refractivity contribution is 5.99. The molecule has 1 amide bonds. The molecule has 0 spiro atoms. The van der Waals surface area contributed by atoms with Crippen LogP contribution in [0.15, 0.2) is 23.8 Å². The van der Waals surface area contributed by atoms with Gasteiger partial charge in [0.2, 0.25) is 0 Å². The van der Waals surface area contributed by atoms with E-state index in [1.54, 1.807) is 7.11 Å². The predicted molar refractivity (Wildman–Crippen MR) is 96.9 cm³/mol. The Labute approximate surface area is 149 Å². The van der Waals surface area contributed by atoms with Crippen LogP contribution in [0.4, 0.5) is 0 Å². The molecule has 132 valence electrons. The van der Waals surface area contributed by atoms with Crippen LogP contribution in [0.5, 0.6) is 11.5 Å². The van der Waals surface area contributed by atoms with E-state index in [1.807, 2.05) is 24.3 Å². The Morgan fingerprint density at radius 2 is 2.12 bits per heavy atom. The smallest absolute Gasteiger partial charge is 0.250 e. The quantitative estimate of drug-likeness (QED) is 0.873. The Bertz CT molecular complexity index is 625. The fraction of sp³-hybridized carbons (Fsp3) is 0.500. The van der Waals surface area contributed by atoms with Crippen LogP contribution in [0.2, 0.25) is 0 Å². The zero-order valence-electron chi connectivity index (χ0n) is 14.2. The van der Waals surface area contributed by atoms with E-state index in [4.69, 9.17) is 9.47 Å². The molecule has 0 radical (unpaired) electrons. The zero-order chi connectivity index (χ0) is 16.3. The number of hydrogen-bond acceptors (Lipinski definition) is 4. The molecule has 24 heavy (non-hydrogen) atoms. The molecule has 3 rings (SSSR count). The van der Waals surface area contributed by atoms with Crippen LogP contribution in [0.25, 0.3) is 6.08 Å². The third kappa shape index (κ3) is 4.22. The Morgan fingerprint density at radius 1 is 1.38 bits per heavy atom. The van der Waals surface area contributed by atoms with Crippen molar-refractivity contribution in [1.29, 1.82) is 0 Å². The minimum Gasteiger partial charge on any atom is -0.497 e. The average molecular weight is 353 g/mol. The summed E-state index contributed by atoms with van der Waals surface area (Å²) in [4.78, 5) is 12.4. The summed E-state index contributed by atoms with van der Waals surface area (Å²) in [6.45, 7) is 5.29. The molecule has 1 fully saturated rings. The van der Waals surface area contributed by atoms with Crippen LogP contribution in [-0.2, 0) is 4.79 Å². The molecule has 1 saturated heterocycles. The molecular weight excluding hydrogens is 328 g/mol. The lowest BCUT2D eigenvalue weighted by molar-refractivity contribution is -0.118. The molecule has 2 aliphatic rings. The number of ether oxygens (including phenoxy) is 2. The van der Waals surface area contributed by atoms with Crippen LogP contribution < -0.4 is 20.1 Å². The number of amides is 1. The molecule has 0 aliphatic carbocycles. The average Bonchev–Trinajstić information content (AvgIpc) is 2.59. The summed E-state index contributed by atoms with van der Waals surface area (Å²) in [7, 11) is 1.63. The first-order valence-electron chi connectivity index (χ1n) is 8.10. The monoisotopic (exact) mass is 352 g/mol. The third-order valence-corrected chi connectivity index (χ3v) is 4.71. The van der Waals surface area contributed by atoms with Crippen molar-refractivity contribution in [2.24, 2.45) is 5.41 Å². The number of piperidine rings is 1. The SMILES string of the molecule is COc1ccc2c(c1)C=C(C(=O)NCC1(C)CCNCC1)CO2.Cl. The van der Waals surface area contributed by atoms with Gasteiger partial charge >= 0.3 is 0 Å². The zero-order valence-corrected chi connectivity index (χ0v) is 15.0. The van der Waals surface area contributed by atoms with Crippen molar-refractivity contribution in [3.8, 4) is 11.5 Å². The molecule has 5 nitrogen and oxygen atoms in total. The number of hydrogen-bond donors (Lipinski definition) is 2. The van der Waals surface area contributed by atoms with Crippen LogP contribution in [-0.4, -0.2) is 39.3 Å². The molecule has 2 heterocycles. The molecule has 0 aromatic heterocycles. The summed E-state index contributed by atoms with van der Waals surface area (Å²) >= 11 is 0. The summed E-state index contributed by atoms with van der Waals surface area (Å²) in [5.74, 6) is 1.50. The maximum absolute atomic E-state index is 12.4. The first-order valence-corrected chi connectivity index (χ1v) is 8.10. The lowest BCUT2D eigenvalue weighted by Gasteiger charge is -2.34. The van der Waals surface area contributed by atoms with Gasteiger partial charge in [0.25, 0.3) is 5.91 Å². The van der Waals surface area contributed by atoms with Crippen LogP contribution in [0, 0.1) is 5.41 Å². The van der Waals surface area contributed by atoms with Crippen LogP contribution in [0.1, 0.15) is 25.3 Å². The summed E-state index contributed by atoms with van der Waals surface area (Å²) in [6.07, 6.45) is 4.06. The van der Waals surface area contributed by atoms with Gasteiger partial charge in [-0.2, -0.15) is 0 Å². The van der Waals surface area contributed by atoms with Gasteiger partial charge in [-0.05, 0) is 55.6 Å². The molecule has 0 atom stereocenters. The maximum Gasteiger partial charge on any atom is 0.250 e. The van der Waals surface area contributed by atoms with Gasteiger partial charge in [-0.1, -0.05) is 6.92 Å². The number of nitrogens with one attached hydrogen (secondary N) is 2. The first-order chi connectivity index (χ1) is 11.1. The van der Waals surface area contributed by atoms with Gasteiger partial charge < -0.3 is 20.1 Å². The van der Waals surface area contributed by atoms with E-state index < -0.39 is 0 Å². The lowest BCUT2D eigenvalue weighted by Crippen LogP contribution is -2.43. The summed E-state index contributed by atoms with van der Waals surface area (Å²) < 4.78 is 10.9. The van der Waals surface area contributed by atoms with Gasteiger partial charge in [0, 0.05) is 12.1 Å². The first kappa shape index (κ1) is 18.6. The van der Waals surface area contributed by atoms with Crippen molar-refractivity contribution in [3.05, 3.63) is 29.3 Å². The maximum atomic E-state index is 12.4. The van der Waals surface area contributed by atoms with Crippen molar-refractivity contribution in [2.45, 2.75) is 19.8 Å². The second-order valence-corrected chi connectivity index (χ2v) is 6.61. The van der Waals surface area contributed by atoms with E-state index in [2.05, 4.69) is 17.6 Å². The second kappa shape index (κ2) is 7.90. The molecule has 6 heteroatoms. The van der Waals surface area contributed by atoms with Crippen LogP contribution >= 0.6 is 12.4 Å². The number of methoxy groups -OCH3 is 1. The minimum absolute atomic E-state index is 0. The van der Waals surface area contributed by atoms with Gasteiger partial charge in [0.05, 0.1) is 12.7 Å². The Balaban J connectivity index is 0.00000208. The fourth-order valence-corrected chi connectivity index (χ4v) is 3.03. The van der Waals surface area contributed by atoms with Crippen molar-refractivity contribution in [3.63, 3.8) is 0 Å². The largest absolute Gasteiger partial charge is 0.497 e. The summed E-state index contributed by atoms with van der Waals surface area (Å²) in [5.41, 5.74) is 1.72. The van der Waals surface area contributed by atoms with Gasteiger partial charge in [-0.3, -0.25) is 4.79 Å².